The second-order valence-corrected chi connectivity index (χ2v) is 8.70. The average molecular weight is 343 g/mol. The van der Waals surface area contributed by atoms with Crippen LogP contribution >= 0.6 is 11.8 Å². The molecule has 2 N–H and O–H groups in total. The quantitative estimate of drug-likeness (QED) is 0.404. The standard InChI is InChI=1S/C18H38N4S/c1-15-11-16(2)13-22(12-15)18(3,4)14-21-17(19-5)20-9-7-8-10-23-6/h15-16H,7-14H2,1-6H3,(H2,19,20,21). The molecule has 0 amide bonds. The maximum Gasteiger partial charge on any atom is 0.191 e. The minimum Gasteiger partial charge on any atom is -0.356 e. The number of unbranched alkanes of at least 4 members (excludes halogenated alkanes) is 1. The molecular formula is C18H38N4S. The van der Waals surface area contributed by atoms with Gasteiger partial charge in [0.1, 0.15) is 0 Å². The van der Waals surface area contributed by atoms with Gasteiger partial charge in [0.15, 0.2) is 5.96 Å². The van der Waals surface area contributed by atoms with Crippen LogP contribution in [0.25, 0.3) is 0 Å². The number of nitrogens with zero attached hydrogens (tertiary/aromatic N) is 2. The highest BCUT2D eigenvalue weighted by molar-refractivity contribution is 7.98. The fourth-order valence-electron chi connectivity index (χ4n) is 3.37. The van der Waals surface area contributed by atoms with Crippen molar-refractivity contribution in [1.82, 2.24) is 15.5 Å². The van der Waals surface area contributed by atoms with Gasteiger partial charge in [-0.3, -0.25) is 9.89 Å². The second kappa shape index (κ2) is 10.4. The molecule has 0 saturated carbocycles. The zero-order valence-electron chi connectivity index (χ0n) is 16.1. The van der Waals surface area contributed by atoms with E-state index in [1.54, 1.807) is 0 Å². The van der Waals surface area contributed by atoms with Crippen LogP contribution in [0.15, 0.2) is 4.99 Å². The minimum atomic E-state index is 0.152. The SMILES string of the molecule is CN=C(NCCCCSC)NCC(C)(C)N1CC(C)CC(C)C1. The van der Waals surface area contributed by atoms with Crippen molar-refractivity contribution in [3.05, 3.63) is 0 Å². The number of thioether (sulfide) groups is 1. The van der Waals surface area contributed by atoms with Gasteiger partial charge in [-0.05, 0) is 57.0 Å². The summed E-state index contributed by atoms with van der Waals surface area (Å²) in [5.74, 6) is 3.77. The first-order valence-corrected chi connectivity index (χ1v) is 10.5. The van der Waals surface area contributed by atoms with Gasteiger partial charge in [-0.1, -0.05) is 13.8 Å². The molecular weight excluding hydrogens is 304 g/mol. The first kappa shape index (κ1) is 20.6. The fourth-order valence-corrected chi connectivity index (χ4v) is 3.86. The summed E-state index contributed by atoms with van der Waals surface area (Å²) in [5.41, 5.74) is 0.152. The lowest BCUT2D eigenvalue weighted by Gasteiger charge is -2.45. The summed E-state index contributed by atoms with van der Waals surface area (Å²) in [6, 6.07) is 0. The second-order valence-electron chi connectivity index (χ2n) is 7.72. The zero-order valence-corrected chi connectivity index (χ0v) is 16.9. The maximum absolute atomic E-state index is 4.35. The van der Waals surface area contributed by atoms with Crippen LogP contribution in [0.2, 0.25) is 0 Å². The molecule has 1 aliphatic rings. The Bertz CT molecular complexity index is 347. The molecule has 0 spiro atoms. The molecule has 0 bridgehead atoms. The first-order chi connectivity index (χ1) is 10.9. The Labute approximate surface area is 148 Å². The van der Waals surface area contributed by atoms with E-state index < -0.39 is 0 Å². The number of hydrogen-bond acceptors (Lipinski definition) is 3. The third-order valence-electron chi connectivity index (χ3n) is 4.70. The van der Waals surface area contributed by atoms with Crippen molar-refractivity contribution in [3.8, 4) is 0 Å². The summed E-state index contributed by atoms with van der Waals surface area (Å²) in [5, 5.41) is 6.95. The van der Waals surface area contributed by atoms with Gasteiger partial charge in [0, 0.05) is 38.8 Å². The lowest BCUT2D eigenvalue weighted by atomic mass is 9.88. The first-order valence-electron chi connectivity index (χ1n) is 9.07. The number of piperidine rings is 1. The number of likely N-dealkylation sites (tertiary alicyclic amines) is 1. The molecule has 2 unspecified atom stereocenters. The van der Waals surface area contributed by atoms with Crippen molar-refractivity contribution in [2.45, 2.75) is 52.5 Å². The van der Waals surface area contributed by atoms with Crippen LogP contribution in [0.3, 0.4) is 0 Å². The number of guanidine groups is 1. The summed E-state index contributed by atoms with van der Waals surface area (Å²) in [6.07, 6.45) is 5.99. The van der Waals surface area contributed by atoms with Gasteiger partial charge >= 0.3 is 0 Å². The highest BCUT2D eigenvalue weighted by Gasteiger charge is 2.32. The van der Waals surface area contributed by atoms with Gasteiger partial charge in [0.25, 0.3) is 0 Å². The smallest absolute Gasteiger partial charge is 0.191 e. The monoisotopic (exact) mass is 342 g/mol. The lowest BCUT2D eigenvalue weighted by molar-refractivity contribution is 0.0483. The van der Waals surface area contributed by atoms with E-state index in [4.69, 9.17) is 0 Å². The van der Waals surface area contributed by atoms with Crippen molar-refractivity contribution in [2.24, 2.45) is 16.8 Å². The molecule has 136 valence electrons. The highest BCUT2D eigenvalue weighted by Crippen LogP contribution is 2.26. The van der Waals surface area contributed by atoms with E-state index in [0.29, 0.717) is 0 Å². The Kier molecular flexibility index (Phi) is 9.37. The van der Waals surface area contributed by atoms with E-state index in [1.807, 2.05) is 18.8 Å². The van der Waals surface area contributed by atoms with Crippen molar-refractivity contribution in [3.63, 3.8) is 0 Å². The van der Waals surface area contributed by atoms with Crippen LogP contribution in [-0.2, 0) is 0 Å². The number of rotatable bonds is 8. The molecule has 1 aliphatic heterocycles. The number of aliphatic imine (C=N–C) groups is 1. The van der Waals surface area contributed by atoms with Crippen LogP contribution < -0.4 is 10.6 Å². The largest absolute Gasteiger partial charge is 0.356 e. The van der Waals surface area contributed by atoms with Gasteiger partial charge in [-0.25, -0.2) is 0 Å². The van der Waals surface area contributed by atoms with Gasteiger partial charge in [-0.2, -0.15) is 11.8 Å². The van der Waals surface area contributed by atoms with Crippen molar-refractivity contribution in [1.29, 1.82) is 0 Å². The molecule has 0 aromatic heterocycles. The topological polar surface area (TPSA) is 39.7 Å². The molecule has 1 saturated heterocycles. The van der Waals surface area contributed by atoms with Gasteiger partial charge in [0.2, 0.25) is 0 Å². The van der Waals surface area contributed by atoms with Crippen LogP contribution in [-0.4, -0.2) is 61.6 Å². The Morgan fingerprint density at radius 1 is 1.17 bits per heavy atom. The van der Waals surface area contributed by atoms with Crippen LogP contribution in [0, 0.1) is 11.8 Å². The highest BCUT2D eigenvalue weighted by atomic mass is 32.2. The number of hydrogen-bond donors (Lipinski definition) is 2. The Morgan fingerprint density at radius 3 is 2.39 bits per heavy atom. The van der Waals surface area contributed by atoms with Crippen LogP contribution in [0.5, 0.6) is 0 Å². The Morgan fingerprint density at radius 2 is 1.83 bits per heavy atom. The fraction of sp³-hybridized carbons (Fsp3) is 0.944. The third kappa shape index (κ3) is 7.79. The van der Waals surface area contributed by atoms with Crippen molar-refractivity contribution in [2.75, 3.05) is 45.2 Å². The zero-order chi connectivity index (χ0) is 17.3. The summed E-state index contributed by atoms with van der Waals surface area (Å²) < 4.78 is 0. The molecule has 1 heterocycles. The molecule has 0 aromatic rings. The van der Waals surface area contributed by atoms with E-state index in [-0.39, 0.29) is 5.54 Å². The Hall–Kier alpha value is -0.420. The van der Waals surface area contributed by atoms with E-state index in [2.05, 4.69) is 54.5 Å². The van der Waals surface area contributed by atoms with Gasteiger partial charge in [-0.15, -0.1) is 0 Å². The predicted octanol–water partition coefficient (Wildman–Crippen LogP) is 3.05. The lowest BCUT2D eigenvalue weighted by Crippen LogP contribution is -2.57. The molecule has 5 heteroatoms. The molecule has 1 fully saturated rings. The third-order valence-corrected chi connectivity index (χ3v) is 5.40. The van der Waals surface area contributed by atoms with E-state index in [0.717, 1.165) is 30.9 Å². The molecule has 23 heavy (non-hydrogen) atoms. The summed E-state index contributed by atoms with van der Waals surface area (Å²) >= 11 is 1.92. The van der Waals surface area contributed by atoms with Gasteiger partial charge < -0.3 is 10.6 Å². The Balaban J connectivity index is 2.37. The van der Waals surface area contributed by atoms with Crippen LogP contribution in [0.1, 0.15) is 47.0 Å². The normalized spacial score (nSPS) is 23.8. The van der Waals surface area contributed by atoms with Crippen molar-refractivity contribution < 1.29 is 0 Å². The van der Waals surface area contributed by atoms with E-state index in [9.17, 15) is 0 Å². The molecule has 0 radical (unpaired) electrons. The van der Waals surface area contributed by atoms with Crippen LogP contribution in [0.4, 0.5) is 0 Å². The summed E-state index contributed by atoms with van der Waals surface area (Å²) in [7, 11) is 1.86. The predicted molar refractivity (Wildman–Crippen MR) is 106 cm³/mol. The summed E-state index contributed by atoms with van der Waals surface area (Å²) in [4.78, 5) is 7.00. The number of nitrogens with one attached hydrogen (secondary N) is 2. The average Bonchev–Trinajstić information content (AvgIpc) is 2.49. The molecule has 2 atom stereocenters. The molecule has 1 rings (SSSR count). The van der Waals surface area contributed by atoms with E-state index >= 15 is 0 Å². The van der Waals surface area contributed by atoms with E-state index in [1.165, 1.54) is 38.1 Å². The minimum absolute atomic E-state index is 0.152. The summed E-state index contributed by atoms with van der Waals surface area (Å²) in [6.45, 7) is 13.8. The molecule has 4 nitrogen and oxygen atoms in total. The van der Waals surface area contributed by atoms with Gasteiger partial charge in [0.05, 0.1) is 0 Å². The molecule has 0 aromatic carbocycles. The van der Waals surface area contributed by atoms with Crippen molar-refractivity contribution >= 4 is 17.7 Å². The molecule has 0 aliphatic carbocycles. The maximum atomic E-state index is 4.35.